The number of pyridine rings is 1. The van der Waals surface area contributed by atoms with E-state index in [2.05, 4.69) is 27.5 Å². The molecule has 126 valence electrons. The molecule has 0 saturated carbocycles. The van der Waals surface area contributed by atoms with Gasteiger partial charge in [0.25, 0.3) is 0 Å². The lowest BCUT2D eigenvalue weighted by Gasteiger charge is -2.17. The fourth-order valence-electron chi connectivity index (χ4n) is 3.52. The van der Waals surface area contributed by atoms with Crippen molar-refractivity contribution in [3.05, 3.63) is 35.7 Å². The smallest absolute Gasteiger partial charge is 0.180 e. The van der Waals surface area contributed by atoms with Crippen LogP contribution in [0, 0.1) is 19.8 Å². The number of ether oxygens (including phenoxy) is 1. The highest BCUT2D eigenvalue weighted by Gasteiger charge is 2.37. The number of rotatable bonds is 4. The lowest BCUT2D eigenvalue weighted by molar-refractivity contribution is 0.173. The first-order valence-electron chi connectivity index (χ1n) is 8.55. The molecule has 3 unspecified atom stereocenters. The molecule has 0 aliphatic carbocycles. The zero-order chi connectivity index (χ0) is 16.5. The summed E-state index contributed by atoms with van der Waals surface area (Å²) in [6, 6.07) is 6.78. The number of nitrogens with one attached hydrogen (secondary N) is 2. The number of hydrogen-bond acceptors (Lipinski definition) is 6. The zero-order valence-corrected chi connectivity index (χ0v) is 14.1. The van der Waals surface area contributed by atoms with E-state index in [0.717, 1.165) is 48.9 Å². The molecule has 4 heterocycles. The number of anilines is 1. The van der Waals surface area contributed by atoms with Crippen molar-refractivity contribution in [2.75, 3.05) is 25.1 Å². The van der Waals surface area contributed by atoms with E-state index in [-0.39, 0.29) is 0 Å². The van der Waals surface area contributed by atoms with Crippen LogP contribution in [0.15, 0.2) is 24.4 Å². The van der Waals surface area contributed by atoms with Crippen LogP contribution in [0.25, 0.3) is 11.5 Å². The summed E-state index contributed by atoms with van der Waals surface area (Å²) < 4.78 is 5.51. The van der Waals surface area contributed by atoms with Gasteiger partial charge in [-0.15, -0.1) is 0 Å². The van der Waals surface area contributed by atoms with Crippen molar-refractivity contribution < 1.29 is 4.74 Å². The molecule has 24 heavy (non-hydrogen) atoms. The molecule has 0 radical (unpaired) electrons. The van der Waals surface area contributed by atoms with Gasteiger partial charge in [-0.05, 0) is 32.4 Å². The third-order valence-corrected chi connectivity index (χ3v) is 5.03. The predicted octanol–water partition coefficient (Wildman–Crippen LogP) is 1.94. The van der Waals surface area contributed by atoms with Crippen LogP contribution in [-0.2, 0) is 4.74 Å². The van der Waals surface area contributed by atoms with Gasteiger partial charge in [0.2, 0.25) is 0 Å². The van der Waals surface area contributed by atoms with Crippen molar-refractivity contribution in [1.82, 2.24) is 20.3 Å². The Labute approximate surface area is 142 Å². The van der Waals surface area contributed by atoms with Gasteiger partial charge in [-0.25, -0.2) is 9.97 Å². The average molecular weight is 325 g/mol. The zero-order valence-electron chi connectivity index (χ0n) is 14.1. The molecule has 2 saturated heterocycles. The van der Waals surface area contributed by atoms with Crippen molar-refractivity contribution in [1.29, 1.82) is 0 Å². The molecule has 2 aliphatic rings. The van der Waals surface area contributed by atoms with Gasteiger partial charge < -0.3 is 15.4 Å². The van der Waals surface area contributed by atoms with Gasteiger partial charge in [-0.3, -0.25) is 4.98 Å². The second-order valence-electron chi connectivity index (χ2n) is 6.71. The second-order valence-corrected chi connectivity index (χ2v) is 6.71. The summed E-state index contributed by atoms with van der Waals surface area (Å²) in [5, 5.41) is 7.17. The van der Waals surface area contributed by atoms with Crippen LogP contribution in [0.1, 0.15) is 17.7 Å². The van der Waals surface area contributed by atoms with E-state index in [4.69, 9.17) is 9.72 Å². The van der Waals surface area contributed by atoms with Crippen LogP contribution >= 0.6 is 0 Å². The topological polar surface area (TPSA) is 72.0 Å². The van der Waals surface area contributed by atoms with Crippen LogP contribution in [0.3, 0.4) is 0 Å². The van der Waals surface area contributed by atoms with Gasteiger partial charge in [-0.2, -0.15) is 0 Å². The van der Waals surface area contributed by atoms with Gasteiger partial charge in [0.1, 0.15) is 11.5 Å². The standard InChI is InChI=1S/C18H23N5O/c1-11-12(2)21-18(15-5-3-4-6-19-15)23-17(11)20-8-14-7-13-9-24-10-16(13)22-14/h3-6,13-14,16,22H,7-10H2,1-2H3,(H,20,21,23). The molecule has 0 aromatic carbocycles. The van der Waals surface area contributed by atoms with E-state index in [0.29, 0.717) is 23.8 Å². The maximum Gasteiger partial charge on any atom is 0.180 e. The largest absolute Gasteiger partial charge is 0.379 e. The Morgan fingerprint density at radius 3 is 2.96 bits per heavy atom. The molecule has 0 amide bonds. The minimum atomic E-state index is 0.469. The van der Waals surface area contributed by atoms with E-state index in [1.807, 2.05) is 25.1 Å². The van der Waals surface area contributed by atoms with Crippen molar-refractivity contribution in [3.63, 3.8) is 0 Å². The molecule has 6 nitrogen and oxygen atoms in total. The quantitative estimate of drug-likeness (QED) is 0.895. The molecule has 2 aromatic rings. The number of nitrogens with zero attached hydrogens (tertiary/aromatic N) is 3. The summed E-state index contributed by atoms with van der Waals surface area (Å²) in [4.78, 5) is 13.6. The summed E-state index contributed by atoms with van der Waals surface area (Å²) in [5.41, 5.74) is 2.88. The minimum Gasteiger partial charge on any atom is -0.379 e. The second kappa shape index (κ2) is 6.45. The van der Waals surface area contributed by atoms with Gasteiger partial charge in [0.05, 0.1) is 13.2 Å². The maximum absolute atomic E-state index is 5.51. The maximum atomic E-state index is 5.51. The van der Waals surface area contributed by atoms with E-state index < -0.39 is 0 Å². The highest BCUT2D eigenvalue weighted by molar-refractivity contribution is 5.56. The fraction of sp³-hybridized carbons (Fsp3) is 0.500. The highest BCUT2D eigenvalue weighted by Crippen LogP contribution is 2.27. The third-order valence-electron chi connectivity index (χ3n) is 5.03. The van der Waals surface area contributed by atoms with Gasteiger partial charge in [0, 0.05) is 42.0 Å². The molecular weight excluding hydrogens is 302 g/mol. The molecule has 6 heteroatoms. The SMILES string of the molecule is Cc1nc(-c2ccccn2)nc(NCC2CC3COCC3N2)c1C. The summed E-state index contributed by atoms with van der Waals surface area (Å²) >= 11 is 0. The van der Waals surface area contributed by atoms with Crippen molar-refractivity contribution in [3.8, 4) is 11.5 Å². The summed E-state index contributed by atoms with van der Waals surface area (Å²) in [6.45, 7) is 6.68. The Morgan fingerprint density at radius 2 is 2.17 bits per heavy atom. The lowest BCUT2D eigenvalue weighted by Crippen LogP contribution is -2.36. The van der Waals surface area contributed by atoms with Crippen molar-refractivity contribution >= 4 is 5.82 Å². The van der Waals surface area contributed by atoms with Crippen LogP contribution in [0.4, 0.5) is 5.82 Å². The third kappa shape index (κ3) is 2.99. The molecule has 2 aliphatic heterocycles. The predicted molar refractivity (Wildman–Crippen MR) is 92.9 cm³/mol. The number of hydrogen-bond donors (Lipinski definition) is 2. The Bertz CT molecular complexity index is 709. The molecule has 0 spiro atoms. The molecule has 4 rings (SSSR count). The average Bonchev–Trinajstić information content (AvgIpc) is 3.18. The fourth-order valence-corrected chi connectivity index (χ4v) is 3.52. The van der Waals surface area contributed by atoms with Crippen molar-refractivity contribution in [2.45, 2.75) is 32.4 Å². The summed E-state index contributed by atoms with van der Waals surface area (Å²) in [7, 11) is 0. The van der Waals surface area contributed by atoms with Gasteiger partial charge in [-0.1, -0.05) is 6.07 Å². The molecule has 2 N–H and O–H groups in total. The highest BCUT2D eigenvalue weighted by atomic mass is 16.5. The first-order valence-corrected chi connectivity index (χ1v) is 8.55. The van der Waals surface area contributed by atoms with Crippen LogP contribution in [-0.4, -0.2) is 46.8 Å². The molecule has 2 fully saturated rings. The van der Waals surface area contributed by atoms with Crippen LogP contribution < -0.4 is 10.6 Å². The summed E-state index contributed by atoms with van der Waals surface area (Å²) in [6.07, 6.45) is 2.93. The van der Waals surface area contributed by atoms with E-state index >= 15 is 0 Å². The van der Waals surface area contributed by atoms with Crippen molar-refractivity contribution in [2.24, 2.45) is 5.92 Å². The van der Waals surface area contributed by atoms with Crippen LogP contribution in [0.2, 0.25) is 0 Å². The minimum absolute atomic E-state index is 0.469. The number of aryl methyl sites for hydroxylation is 1. The Balaban J connectivity index is 1.49. The molecule has 0 bridgehead atoms. The van der Waals surface area contributed by atoms with Gasteiger partial charge >= 0.3 is 0 Å². The van der Waals surface area contributed by atoms with Gasteiger partial charge in [0.15, 0.2) is 5.82 Å². The first kappa shape index (κ1) is 15.5. The summed E-state index contributed by atoms with van der Waals surface area (Å²) in [5.74, 6) is 2.23. The molecule has 2 aromatic heterocycles. The van der Waals surface area contributed by atoms with E-state index in [9.17, 15) is 0 Å². The Kier molecular flexibility index (Phi) is 4.16. The number of aromatic nitrogens is 3. The van der Waals surface area contributed by atoms with E-state index in [1.54, 1.807) is 6.20 Å². The van der Waals surface area contributed by atoms with Crippen LogP contribution in [0.5, 0.6) is 0 Å². The Morgan fingerprint density at radius 1 is 1.25 bits per heavy atom. The molecular formula is C18H23N5O. The monoisotopic (exact) mass is 325 g/mol. The first-order chi connectivity index (χ1) is 11.7. The molecule has 3 atom stereocenters. The van der Waals surface area contributed by atoms with E-state index in [1.165, 1.54) is 0 Å². The normalized spacial score (nSPS) is 25.7. The Hall–Kier alpha value is -2.05. The lowest BCUT2D eigenvalue weighted by atomic mass is 10.0. The number of fused-ring (bicyclic) bond motifs is 1.